The molecule has 0 bridgehead atoms. The monoisotopic (exact) mass is 240 g/mol. The van der Waals surface area contributed by atoms with Gasteiger partial charge in [-0.1, -0.05) is 13.0 Å². The van der Waals surface area contributed by atoms with Crippen molar-refractivity contribution in [2.45, 2.75) is 32.2 Å². The van der Waals surface area contributed by atoms with Crippen LogP contribution in [0.3, 0.4) is 0 Å². The Kier molecular flexibility index (Phi) is 5.49. The van der Waals surface area contributed by atoms with Crippen LogP contribution in [0.15, 0.2) is 17.5 Å². The first-order valence-corrected chi connectivity index (χ1v) is 6.48. The fourth-order valence-electron chi connectivity index (χ4n) is 1.50. The summed E-state index contributed by atoms with van der Waals surface area (Å²) in [5.41, 5.74) is 0. The molecule has 2 unspecified atom stereocenters. The molecule has 1 amide bonds. The van der Waals surface area contributed by atoms with Gasteiger partial charge in [0.15, 0.2) is 0 Å². The molecule has 0 radical (unpaired) electrons. The van der Waals surface area contributed by atoms with E-state index in [4.69, 9.17) is 0 Å². The SMILES string of the molecule is CNC(=O)CC(C)NCC(C)c1cccs1. The Morgan fingerprint density at radius 2 is 2.25 bits per heavy atom. The minimum absolute atomic E-state index is 0.0868. The van der Waals surface area contributed by atoms with Gasteiger partial charge in [-0.2, -0.15) is 0 Å². The van der Waals surface area contributed by atoms with E-state index in [0.717, 1.165) is 6.54 Å². The van der Waals surface area contributed by atoms with Gasteiger partial charge in [-0.15, -0.1) is 11.3 Å². The van der Waals surface area contributed by atoms with Crippen molar-refractivity contribution in [1.82, 2.24) is 10.6 Å². The summed E-state index contributed by atoms with van der Waals surface area (Å²) in [5, 5.41) is 8.11. The van der Waals surface area contributed by atoms with Crippen LogP contribution < -0.4 is 10.6 Å². The molecule has 0 aliphatic rings. The zero-order valence-corrected chi connectivity index (χ0v) is 10.9. The van der Waals surface area contributed by atoms with E-state index in [1.54, 1.807) is 18.4 Å². The van der Waals surface area contributed by atoms with Gasteiger partial charge in [0.1, 0.15) is 0 Å². The van der Waals surface area contributed by atoms with Crippen molar-refractivity contribution in [3.05, 3.63) is 22.4 Å². The van der Waals surface area contributed by atoms with Gasteiger partial charge in [0.2, 0.25) is 5.91 Å². The summed E-state index contributed by atoms with van der Waals surface area (Å²) in [4.78, 5) is 12.5. The molecule has 2 atom stereocenters. The van der Waals surface area contributed by atoms with Crippen LogP contribution in [0.2, 0.25) is 0 Å². The molecular formula is C12H20N2OS. The van der Waals surface area contributed by atoms with Crippen molar-refractivity contribution in [3.63, 3.8) is 0 Å². The second-order valence-corrected chi connectivity index (χ2v) is 5.08. The fourth-order valence-corrected chi connectivity index (χ4v) is 2.29. The van der Waals surface area contributed by atoms with Gasteiger partial charge in [0.05, 0.1) is 0 Å². The average Bonchev–Trinajstić information content (AvgIpc) is 2.79. The van der Waals surface area contributed by atoms with Gasteiger partial charge in [-0.05, 0) is 18.4 Å². The van der Waals surface area contributed by atoms with E-state index >= 15 is 0 Å². The number of rotatable bonds is 6. The van der Waals surface area contributed by atoms with E-state index in [2.05, 4.69) is 35.1 Å². The summed E-state index contributed by atoms with van der Waals surface area (Å²) in [6.45, 7) is 5.15. The zero-order chi connectivity index (χ0) is 12.0. The molecule has 1 rings (SSSR count). The van der Waals surface area contributed by atoms with Crippen LogP contribution in [0.1, 0.15) is 31.1 Å². The molecule has 16 heavy (non-hydrogen) atoms. The topological polar surface area (TPSA) is 41.1 Å². The van der Waals surface area contributed by atoms with Gasteiger partial charge >= 0.3 is 0 Å². The van der Waals surface area contributed by atoms with E-state index in [1.807, 2.05) is 6.92 Å². The van der Waals surface area contributed by atoms with Gasteiger partial charge in [-0.3, -0.25) is 4.79 Å². The molecule has 0 aliphatic carbocycles. The standard InChI is InChI=1S/C12H20N2OS/c1-9(11-5-4-6-16-11)8-14-10(2)7-12(15)13-3/h4-6,9-10,14H,7-8H2,1-3H3,(H,13,15). The van der Waals surface area contributed by atoms with Gasteiger partial charge < -0.3 is 10.6 Å². The predicted molar refractivity (Wildman–Crippen MR) is 68.9 cm³/mol. The number of hydrogen-bond donors (Lipinski definition) is 2. The Labute approximate surface area is 101 Å². The molecular weight excluding hydrogens is 220 g/mol. The van der Waals surface area contributed by atoms with Gasteiger partial charge in [0, 0.05) is 36.9 Å². The van der Waals surface area contributed by atoms with E-state index in [9.17, 15) is 4.79 Å². The van der Waals surface area contributed by atoms with Crippen molar-refractivity contribution in [2.75, 3.05) is 13.6 Å². The second kappa shape index (κ2) is 6.66. The van der Waals surface area contributed by atoms with Crippen LogP contribution >= 0.6 is 11.3 Å². The molecule has 2 N–H and O–H groups in total. The molecule has 0 spiro atoms. The lowest BCUT2D eigenvalue weighted by atomic mass is 10.1. The van der Waals surface area contributed by atoms with E-state index < -0.39 is 0 Å². The molecule has 1 aromatic rings. The molecule has 0 aromatic carbocycles. The molecule has 4 heteroatoms. The highest BCUT2D eigenvalue weighted by Gasteiger charge is 2.10. The van der Waals surface area contributed by atoms with E-state index in [1.165, 1.54) is 4.88 Å². The third-order valence-electron chi connectivity index (χ3n) is 2.57. The first-order chi connectivity index (χ1) is 7.63. The summed E-state index contributed by atoms with van der Waals surface area (Å²) in [6, 6.07) is 4.45. The average molecular weight is 240 g/mol. The number of amides is 1. The minimum Gasteiger partial charge on any atom is -0.359 e. The highest BCUT2D eigenvalue weighted by atomic mass is 32.1. The van der Waals surface area contributed by atoms with Crippen molar-refractivity contribution in [3.8, 4) is 0 Å². The number of nitrogens with one attached hydrogen (secondary N) is 2. The van der Waals surface area contributed by atoms with Gasteiger partial charge in [-0.25, -0.2) is 0 Å². The molecule has 1 heterocycles. The molecule has 0 fully saturated rings. The van der Waals surface area contributed by atoms with Crippen LogP contribution in [0, 0.1) is 0 Å². The van der Waals surface area contributed by atoms with Crippen molar-refractivity contribution < 1.29 is 4.79 Å². The van der Waals surface area contributed by atoms with Crippen LogP contribution in [-0.4, -0.2) is 25.5 Å². The Morgan fingerprint density at radius 3 is 2.81 bits per heavy atom. The Balaban J connectivity index is 2.26. The molecule has 0 saturated heterocycles. The van der Waals surface area contributed by atoms with Crippen molar-refractivity contribution >= 4 is 17.2 Å². The minimum atomic E-state index is 0.0868. The van der Waals surface area contributed by atoms with Crippen molar-refractivity contribution in [2.24, 2.45) is 0 Å². The second-order valence-electron chi connectivity index (χ2n) is 4.10. The maximum absolute atomic E-state index is 11.1. The normalized spacial score (nSPS) is 14.4. The lowest BCUT2D eigenvalue weighted by Crippen LogP contribution is -2.34. The molecule has 1 aromatic heterocycles. The number of hydrogen-bond acceptors (Lipinski definition) is 3. The number of carbonyl (C=O) groups is 1. The Bertz CT molecular complexity index is 311. The third-order valence-corrected chi connectivity index (χ3v) is 3.68. The third kappa shape index (κ3) is 4.33. The summed E-state index contributed by atoms with van der Waals surface area (Å²) in [7, 11) is 1.67. The maximum atomic E-state index is 11.1. The van der Waals surface area contributed by atoms with E-state index in [-0.39, 0.29) is 11.9 Å². The fraction of sp³-hybridized carbons (Fsp3) is 0.583. The van der Waals surface area contributed by atoms with Crippen LogP contribution in [0.4, 0.5) is 0 Å². The first-order valence-electron chi connectivity index (χ1n) is 5.60. The molecule has 3 nitrogen and oxygen atoms in total. The molecule has 90 valence electrons. The summed E-state index contributed by atoms with van der Waals surface area (Å²) in [6.07, 6.45) is 0.535. The summed E-state index contributed by atoms with van der Waals surface area (Å²) in [5.74, 6) is 0.593. The van der Waals surface area contributed by atoms with Crippen molar-refractivity contribution in [1.29, 1.82) is 0 Å². The highest BCUT2D eigenvalue weighted by molar-refractivity contribution is 7.10. The lowest BCUT2D eigenvalue weighted by molar-refractivity contribution is -0.121. The zero-order valence-electron chi connectivity index (χ0n) is 10.1. The van der Waals surface area contributed by atoms with Crippen LogP contribution in [-0.2, 0) is 4.79 Å². The predicted octanol–water partition coefficient (Wildman–Crippen LogP) is 1.97. The number of carbonyl (C=O) groups excluding carboxylic acids is 1. The van der Waals surface area contributed by atoms with Gasteiger partial charge in [0.25, 0.3) is 0 Å². The van der Waals surface area contributed by atoms with Crippen LogP contribution in [0.5, 0.6) is 0 Å². The Hall–Kier alpha value is -0.870. The number of thiophene rings is 1. The lowest BCUT2D eigenvalue weighted by Gasteiger charge is -2.16. The highest BCUT2D eigenvalue weighted by Crippen LogP contribution is 2.19. The summed E-state index contributed by atoms with van der Waals surface area (Å²) >= 11 is 1.78. The first kappa shape index (κ1) is 13.2. The molecule has 0 aliphatic heterocycles. The smallest absolute Gasteiger partial charge is 0.221 e. The van der Waals surface area contributed by atoms with E-state index in [0.29, 0.717) is 12.3 Å². The maximum Gasteiger partial charge on any atom is 0.221 e. The Morgan fingerprint density at radius 1 is 1.50 bits per heavy atom. The summed E-state index contributed by atoms with van der Waals surface area (Å²) < 4.78 is 0. The quantitative estimate of drug-likeness (QED) is 0.798. The molecule has 0 saturated carbocycles. The largest absolute Gasteiger partial charge is 0.359 e. The van der Waals surface area contributed by atoms with Crippen LogP contribution in [0.25, 0.3) is 0 Å².